The molecule has 3 nitrogen and oxygen atoms in total. The summed E-state index contributed by atoms with van der Waals surface area (Å²) in [5.41, 5.74) is -0.514. The maximum Gasteiger partial charge on any atom is 0.306 e. The van der Waals surface area contributed by atoms with Crippen LogP contribution in [0.25, 0.3) is 0 Å². The van der Waals surface area contributed by atoms with Crippen LogP contribution in [0.4, 0.5) is 0 Å². The SMILES string of the molecule is COC(C)(CC(=O)O)CC(C)C. The molecule has 0 aliphatic heterocycles. The van der Waals surface area contributed by atoms with Crippen LogP contribution in [0.5, 0.6) is 0 Å². The third-order valence-corrected chi connectivity index (χ3v) is 1.86. The summed E-state index contributed by atoms with van der Waals surface area (Å²) in [6.45, 7) is 5.94. The summed E-state index contributed by atoms with van der Waals surface area (Å²) < 4.78 is 5.18. The van der Waals surface area contributed by atoms with E-state index in [9.17, 15) is 4.79 Å². The first-order chi connectivity index (χ1) is 5.39. The molecule has 0 aromatic carbocycles. The number of hydrogen-bond acceptors (Lipinski definition) is 2. The fraction of sp³-hybridized carbons (Fsp3) is 0.889. The molecule has 0 fully saturated rings. The topological polar surface area (TPSA) is 46.5 Å². The highest BCUT2D eigenvalue weighted by Crippen LogP contribution is 2.23. The van der Waals surface area contributed by atoms with E-state index in [0.29, 0.717) is 5.92 Å². The van der Waals surface area contributed by atoms with E-state index < -0.39 is 11.6 Å². The van der Waals surface area contributed by atoms with Crippen LogP contribution in [0.2, 0.25) is 0 Å². The van der Waals surface area contributed by atoms with E-state index in [-0.39, 0.29) is 6.42 Å². The molecule has 0 bridgehead atoms. The monoisotopic (exact) mass is 174 g/mol. The smallest absolute Gasteiger partial charge is 0.306 e. The van der Waals surface area contributed by atoms with Crippen LogP contribution in [0.15, 0.2) is 0 Å². The minimum atomic E-state index is -0.806. The number of carboxylic acids is 1. The number of aliphatic carboxylic acids is 1. The van der Waals surface area contributed by atoms with Gasteiger partial charge in [-0.25, -0.2) is 0 Å². The summed E-state index contributed by atoms with van der Waals surface area (Å²) in [6, 6.07) is 0. The number of hydrogen-bond donors (Lipinski definition) is 1. The molecule has 0 radical (unpaired) electrons. The summed E-state index contributed by atoms with van der Waals surface area (Å²) >= 11 is 0. The molecule has 0 spiro atoms. The van der Waals surface area contributed by atoms with Gasteiger partial charge in [-0.05, 0) is 19.3 Å². The number of ether oxygens (including phenoxy) is 1. The van der Waals surface area contributed by atoms with Crippen molar-refractivity contribution in [3.8, 4) is 0 Å². The summed E-state index contributed by atoms with van der Waals surface area (Å²) in [7, 11) is 1.56. The van der Waals surface area contributed by atoms with Crippen molar-refractivity contribution in [2.45, 2.75) is 39.2 Å². The molecule has 0 amide bonds. The van der Waals surface area contributed by atoms with Gasteiger partial charge in [0.25, 0.3) is 0 Å². The van der Waals surface area contributed by atoms with Crippen molar-refractivity contribution in [1.29, 1.82) is 0 Å². The molecular weight excluding hydrogens is 156 g/mol. The fourth-order valence-electron chi connectivity index (χ4n) is 1.41. The van der Waals surface area contributed by atoms with E-state index in [1.807, 2.05) is 6.92 Å². The molecular formula is C9H18O3. The van der Waals surface area contributed by atoms with E-state index in [1.165, 1.54) is 0 Å². The molecule has 0 saturated carbocycles. The van der Waals surface area contributed by atoms with Crippen LogP contribution in [0.3, 0.4) is 0 Å². The molecule has 0 aromatic rings. The van der Waals surface area contributed by atoms with Gasteiger partial charge in [-0.15, -0.1) is 0 Å². The van der Waals surface area contributed by atoms with E-state index in [1.54, 1.807) is 7.11 Å². The van der Waals surface area contributed by atoms with E-state index in [4.69, 9.17) is 9.84 Å². The largest absolute Gasteiger partial charge is 0.481 e. The third-order valence-electron chi connectivity index (χ3n) is 1.86. The molecule has 72 valence electrons. The van der Waals surface area contributed by atoms with Crippen molar-refractivity contribution in [3.63, 3.8) is 0 Å². The predicted octanol–water partition coefficient (Wildman–Crippen LogP) is 1.91. The number of rotatable bonds is 5. The van der Waals surface area contributed by atoms with E-state index in [0.717, 1.165) is 6.42 Å². The molecule has 3 heteroatoms. The zero-order valence-corrected chi connectivity index (χ0v) is 8.26. The normalized spacial score (nSPS) is 16.1. The lowest BCUT2D eigenvalue weighted by Crippen LogP contribution is -2.32. The summed E-state index contributed by atoms with van der Waals surface area (Å²) in [6.07, 6.45) is 0.845. The van der Waals surface area contributed by atoms with Crippen molar-refractivity contribution in [3.05, 3.63) is 0 Å². The Morgan fingerprint density at radius 1 is 1.58 bits per heavy atom. The van der Waals surface area contributed by atoms with Gasteiger partial charge < -0.3 is 9.84 Å². The van der Waals surface area contributed by atoms with Crippen LogP contribution in [-0.4, -0.2) is 23.8 Å². The van der Waals surface area contributed by atoms with Crippen molar-refractivity contribution < 1.29 is 14.6 Å². The standard InChI is InChI=1S/C9H18O3/c1-7(2)5-9(3,12-4)6-8(10)11/h7H,5-6H2,1-4H3,(H,10,11). The highest BCUT2D eigenvalue weighted by Gasteiger charge is 2.27. The average Bonchev–Trinajstić information content (AvgIpc) is 1.83. The quantitative estimate of drug-likeness (QED) is 0.692. The molecule has 0 heterocycles. The van der Waals surface area contributed by atoms with Crippen LogP contribution < -0.4 is 0 Å². The predicted molar refractivity (Wildman–Crippen MR) is 47.1 cm³/mol. The van der Waals surface area contributed by atoms with Gasteiger partial charge in [0.05, 0.1) is 12.0 Å². The molecule has 0 aliphatic rings. The number of methoxy groups -OCH3 is 1. The first-order valence-corrected chi connectivity index (χ1v) is 4.16. The van der Waals surface area contributed by atoms with Crippen molar-refractivity contribution in [2.75, 3.05) is 7.11 Å². The second-order valence-electron chi connectivity index (χ2n) is 3.82. The molecule has 0 aliphatic carbocycles. The van der Waals surface area contributed by atoms with Crippen LogP contribution >= 0.6 is 0 Å². The molecule has 0 aromatic heterocycles. The Kier molecular flexibility index (Phi) is 4.24. The van der Waals surface area contributed by atoms with Gasteiger partial charge in [0.2, 0.25) is 0 Å². The van der Waals surface area contributed by atoms with Gasteiger partial charge in [-0.3, -0.25) is 4.79 Å². The minimum Gasteiger partial charge on any atom is -0.481 e. The summed E-state index contributed by atoms with van der Waals surface area (Å²) in [5.74, 6) is -0.353. The van der Waals surface area contributed by atoms with Crippen LogP contribution in [0.1, 0.15) is 33.6 Å². The summed E-state index contributed by atoms with van der Waals surface area (Å²) in [5, 5.41) is 8.61. The fourth-order valence-corrected chi connectivity index (χ4v) is 1.41. The number of carboxylic acid groups (broad SMARTS) is 1. The minimum absolute atomic E-state index is 0.0711. The second-order valence-corrected chi connectivity index (χ2v) is 3.82. The first kappa shape index (κ1) is 11.4. The molecule has 1 unspecified atom stereocenters. The second kappa shape index (κ2) is 4.45. The lowest BCUT2D eigenvalue weighted by Gasteiger charge is -2.28. The first-order valence-electron chi connectivity index (χ1n) is 4.16. The van der Waals surface area contributed by atoms with Gasteiger partial charge >= 0.3 is 5.97 Å². The zero-order chi connectivity index (χ0) is 9.78. The maximum atomic E-state index is 10.5. The van der Waals surface area contributed by atoms with Gasteiger partial charge in [-0.2, -0.15) is 0 Å². The lowest BCUT2D eigenvalue weighted by molar-refractivity contribution is -0.144. The van der Waals surface area contributed by atoms with Gasteiger partial charge in [0.15, 0.2) is 0 Å². The van der Waals surface area contributed by atoms with Crippen LogP contribution in [-0.2, 0) is 9.53 Å². The van der Waals surface area contributed by atoms with E-state index >= 15 is 0 Å². The Morgan fingerprint density at radius 3 is 2.33 bits per heavy atom. The number of carbonyl (C=O) groups is 1. The average molecular weight is 174 g/mol. The summed E-state index contributed by atoms with van der Waals surface area (Å²) in [4.78, 5) is 10.5. The van der Waals surface area contributed by atoms with Gasteiger partial charge in [0, 0.05) is 7.11 Å². The molecule has 0 saturated heterocycles. The molecule has 12 heavy (non-hydrogen) atoms. The van der Waals surface area contributed by atoms with Crippen molar-refractivity contribution in [2.24, 2.45) is 5.92 Å². The molecule has 0 rings (SSSR count). The molecule has 1 atom stereocenters. The van der Waals surface area contributed by atoms with Gasteiger partial charge in [-0.1, -0.05) is 13.8 Å². The van der Waals surface area contributed by atoms with Crippen LogP contribution in [0, 0.1) is 5.92 Å². The van der Waals surface area contributed by atoms with Gasteiger partial charge in [0.1, 0.15) is 0 Å². The maximum absolute atomic E-state index is 10.5. The Labute approximate surface area is 73.7 Å². The lowest BCUT2D eigenvalue weighted by atomic mass is 9.91. The Hall–Kier alpha value is -0.570. The Bertz CT molecular complexity index is 154. The highest BCUT2D eigenvalue weighted by molar-refractivity contribution is 5.68. The Morgan fingerprint density at radius 2 is 2.08 bits per heavy atom. The van der Waals surface area contributed by atoms with E-state index in [2.05, 4.69) is 13.8 Å². The Balaban J connectivity index is 4.13. The third kappa shape index (κ3) is 4.34. The highest BCUT2D eigenvalue weighted by atomic mass is 16.5. The van der Waals surface area contributed by atoms with Crippen molar-refractivity contribution in [1.82, 2.24) is 0 Å². The molecule has 1 N–H and O–H groups in total. The van der Waals surface area contributed by atoms with Crippen molar-refractivity contribution >= 4 is 5.97 Å². The zero-order valence-electron chi connectivity index (χ0n) is 8.26.